The van der Waals surface area contributed by atoms with E-state index in [9.17, 15) is 4.39 Å². The van der Waals surface area contributed by atoms with Gasteiger partial charge in [0.1, 0.15) is 5.82 Å². The summed E-state index contributed by atoms with van der Waals surface area (Å²) in [6.07, 6.45) is 1.45. The average molecular weight is 307 g/mol. The number of benzene rings is 2. The summed E-state index contributed by atoms with van der Waals surface area (Å²) in [6.45, 7) is 4.16. The fourth-order valence-corrected chi connectivity index (χ4v) is 2.73. The van der Waals surface area contributed by atoms with E-state index in [4.69, 9.17) is 17.4 Å². The van der Waals surface area contributed by atoms with Crippen molar-refractivity contribution in [2.45, 2.75) is 32.7 Å². The minimum atomic E-state index is -0.392. The standard InChI is InChI=1S/C17H20ClFN2/c1-11-5-12(2)7-14(6-11)9-15(21-20)8-13-3-4-16(18)17(19)10-13/h3-7,10,15,21H,8-9,20H2,1-2H3. The Morgan fingerprint density at radius 3 is 2.24 bits per heavy atom. The van der Waals surface area contributed by atoms with Crippen molar-refractivity contribution in [2.75, 3.05) is 0 Å². The lowest BCUT2D eigenvalue weighted by atomic mass is 9.97. The lowest BCUT2D eigenvalue weighted by molar-refractivity contribution is 0.520. The number of aryl methyl sites for hydroxylation is 2. The van der Waals surface area contributed by atoms with E-state index in [-0.39, 0.29) is 11.1 Å². The predicted octanol–water partition coefficient (Wildman–Crippen LogP) is 3.71. The molecular formula is C17H20ClFN2. The van der Waals surface area contributed by atoms with Gasteiger partial charge in [0.25, 0.3) is 0 Å². The molecule has 2 rings (SSSR count). The first-order valence-corrected chi connectivity index (χ1v) is 7.33. The van der Waals surface area contributed by atoms with Crippen LogP contribution in [0.25, 0.3) is 0 Å². The number of halogens is 2. The Hall–Kier alpha value is -1.42. The second kappa shape index (κ2) is 7.03. The van der Waals surface area contributed by atoms with Gasteiger partial charge in [-0.15, -0.1) is 0 Å². The molecule has 0 heterocycles. The van der Waals surface area contributed by atoms with E-state index in [2.05, 4.69) is 37.5 Å². The van der Waals surface area contributed by atoms with Crippen LogP contribution in [0.5, 0.6) is 0 Å². The van der Waals surface area contributed by atoms with E-state index in [0.29, 0.717) is 6.42 Å². The molecule has 0 aliphatic rings. The lowest BCUT2D eigenvalue weighted by Crippen LogP contribution is -2.38. The number of nitrogens with one attached hydrogen (secondary N) is 1. The van der Waals surface area contributed by atoms with Crippen LogP contribution in [0.1, 0.15) is 22.3 Å². The normalized spacial score (nSPS) is 12.4. The molecule has 0 saturated carbocycles. The van der Waals surface area contributed by atoms with E-state index >= 15 is 0 Å². The third-order valence-corrected chi connectivity index (χ3v) is 3.77. The molecule has 0 aliphatic carbocycles. The van der Waals surface area contributed by atoms with Gasteiger partial charge in [0.2, 0.25) is 0 Å². The van der Waals surface area contributed by atoms with E-state index in [0.717, 1.165) is 12.0 Å². The van der Waals surface area contributed by atoms with E-state index in [1.807, 2.05) is 6.07 Å². The zero-order chi connectivity index (χ0) is 15.4. The molecule has 0 saturated heterocycles. The highest BCUT2D eigenvalue weighted by molar-refractivity contribution is 6.30. The van der Waals surface area contributed by atoms with Crippen LogP contribution in [0.2, 0.25) is 5.02 Å². The van der Waals surface area contributed by atoms with E-state index in [1.54, 1.807) is 6.07 Å². The quantitative estimate of drug-likeness (QED) is 0.653. The molecule has 21 heavy (non-hydrogen) atoms. The summed E-state index contributed by atoms with van der Waals surface area (Å²) in [4.78, 5) is 0. The van der Waals surface area contributed by atoms with Crippen LogP contribution in [-0.2, 0) is 12.8 Å². The molecule has 112 valence electrons. The maximum absolute atomic E-state index is 13.5. The van der Waals surface area contributed by atoms with Crippen LogP contribution in [0.15, 0.2) is 36.4 Å². The largest absolute Gasteiger partial charge is 0.271 e. The van der Waals surface area contributed by atoms with Crippen LogP contribution >= 0.6 is 11.6 Å². The van der Waals surface area contributed by atoms with Gasteiger partial charge in [-0.2, -0.15) is 0 Å². The number of nitrogens with two attached hydrogens (primary N) is 1. The fraction of sp³-hybridized carbons (Fsp3) is 0.294. The maximum Gasteiger partial charge on any atom is 0.142 e. The van der Waals surface area contributed by atoms with Gasteiger partial charge in [0.05, 0.1) is 5.02 Å². The molecule has 1 atom stereocenters. The summed E-state index contributed by atoms with van der Waals surface area (Å²) in [6, 6.07) is 11.4. The predicted molar refractivity (Wildman–Crippen MR) is 85.8 cm³/mol. The molecule has 0 aliphatic heterocycles. The van der Waals surface area contributed by atoms with Crippen LogP contribution in [0.4, 0.5) is 4.39 Å². The van der Waals surface area contributed by atoms with Gasteiger partial charge < -0.3 is 0 Å². The SMILES string of the molecule is Cc1cc(C)cc(CC(Cc2ccc(Cl)c(F)c2)NN)c1. The Bertz CT molecular complexity index is 608. The Morgan fingerprint density at radius 2 is 1.67 bits per heavy atom. The summed E-state index contributed by atoms with van der Waals surface area (Å²) < 4.78 is 13.5. The molecule has 0 radical (unpaired) electrons. The van der Waals surface area contributed by atoms with Crippen molar-refractivity contribution in [3.63, 3.8) is 0 Å². The highest BCUT2D eigenvalue weighted by Crippen LogP contribution is 2.18. The lowest BCUT2D eigenvalue weighted by Gasteiger charge is -2.17. The zero-order valence-electron chi connectivity index (χ0n) is 12.3. The van der Waals surface area contributed by atoms with Gasteiger partial charge in [-0.1, -0.05) is 47.0 Å². The molecule has 0 bridgehead atoms. The Kier molecular flexibility index (Phi) is 5.34. The van der Waals surface area contributed by atoms with Gasteiger partial charge in [-0.25, -0.2) is 4.39 Å². The second-order valence-corrected chi connectivity index (χ2v) is 5.92. The molecule has 2 aromatic rings. The summed E-state index contributed by atoms with van der Waals surface area (Å²) in [5, 5.41) is 0.144. The van der Waals surface area contributed by atoms with Gasteiger partial charge in [0.15, 0.2) is 0 Å². The summed E-state index contributed by atoms with van der Waals surface area (Å²) in [5.41, 5.74) is 7.39. The highest BCUT2D eigenvalue weighted by atomic mass is 35.5. The smallest absolute Gasteiger partial charge is 0.142 e. The molecule has 2 nitrogen and oxygen atoms in total. The highest BCUT2D eigenvalue weighted by Gasteiger charge is 2.11. The third kappa shape index (κ3) is 4.53. The van der Waals surface area contributed by atoms with Crippen molar-refractivity contribution < 1.29 is 4.39 Å². The molecule has 0 spiro atoms. The number of hydrogen-bond donors (Lipinski definition) is 2. The third-order valence-electron chi connectivity index (χ3n) is 3.47. The van der Waals surface area contributed by atoms with Crippen molar-refractivity contribution in [3.05, 3.63) is 69.5 Å². The Morgan fingerprint density at radius 1 is 1.05 bits per heavy atom. The molecule has 2 aromatic carbocycles. The molecule has 0 aromatic heterocycles. The zero-order valence-corrected chi connectivity index (χ0v) is 13.0. The molecule has 1 unspecified atom stereocenters. The van der Waals surface area contributed by atoms with Crippen molar-refractivity contribution >= 4 is 11.6 Å². The van der Waals surface area contributed by atoms with E-state index < -0.39 is 5.82 Å². The number of rotatable bonds is 5. The van der Waals surface area contributed by atoms with Crippen LogP contribution in [0.3, 0.4) is 0 Å². The molecule has 0 amide bonds. The molecule has 3 N–H and O–H groups in total. The van der Waals surface area contributed by atoms with Crippen LogP contribution < -0.4 is 11.3 Å². The summed E-state index contributed by atoms with van der Waals surface area (Å²) in [5.74, 6) is 5.25. The minimum absolute atomic E-state index is 0.0479. The first-order valence-electron chi connectivity index (χ1n) is 6.95. The van der Waals surface area contributed by atoms with Crippen molar-refractivity contribution in [1.82, 2.24) is 5.43 Å². The summed E-state index contributed by atoms with van der Waals surface area (Å²) in [7, 11) is 0. The summed E-state index contributed by atoms with van der Waals surface area (Å²) >= 11 is 5.70. The Balaban J connectivity index is 2.10. The monoisotopic (exact) mass is 306 g/mol. The van der Waals surface area contributed by atoms with E-state index in [1.165, 1.54) is 22.8 Å². The average Bonchev–Trinajstić information content (AvgIpc) is 2.41. The number of hydrogen-bond acceptors (Lipinski definition) is 2. The van der Waals surface area contributed by atoms with Crippen LogP contribution in [-0.4, -0.2) is 6.04 Å². The fourth-order valence-electron chi connectivity index (χ4n) is 2.61. The second-order valence-electron chi connectivity index (χ2n) is 5.52. The minimum Gasteiger partial charge on any atom is -0.271 e. The first-order chi connectivity index (χ1) is 9.97. The Labute approximate surface area is 130 Å². The topological polar surface area (TPSA) is 38.0 Å². The van der Waals surface area contributed by atoms with Crippen molar-refractivity contribution in [3.8, 4) is 0 Å². The van der Waals surface area contributed by atoms with Crippen LogP contribution in [0, 0.1) is 19.7 Å². The number of hydrazine groups is 1. The van der Waals surface area contributed by atoms with Gasteiger partial charge in [-0.3, -0.25) is 11.3 Å². The first kappa shape index (κ1) is 16.0. The van der Waals surface area contributed by atoms with Gasteiger partial charge >= 0.3 is 0 Å². The molecule has 4 heteroatoms. The van der Waals surface area contributed by atoms with Gasteiger partial charge in [0, 0.05) is 6.04 Å². The van der Waals surface area contributed by atoms with Crippen molar-refractivity contribution in [1.29, 1.82) is 0 Å². The van der Waals surface area contributed by atoms with Gasteiger partial charge in [-0.05, 0) is 49.9 Å². The van der Waals surface area contributed by atoms with Crippen molar-refractivity contribution in [2.24, 2.45) is 5.84 Å². The molecular weight excluding hydrogens is 287 g/mol. The molecule has 0 fully saturated rings. The maximum atomic E-state index is 13.5.